The monoisotopic (exact) mass is 345 g/mol. The molecule has 0 spiro atoms. The van der Waals surface area contributed by atoms with Crippen LogP contribution in [0.1, 0.15) is 31.4 Å². The highest BCUT2D eigenvalue weighted by atomic mass is 16.5. The van der Waals surface area contributed by atoms with Gasteiger partial charge in [0, 0.05) is 26.3 Å². The lowest BCUT2D eigenvalue weighted by Crippen LogP contribution is -2.42. The zero-order valence-electron chi connectivity index (χ0n) is 14.6. The van der Waals surface area contributed by atoms with Crippen molar-refractivity contribution in [1.82, 2.24) is 30.0 Å². The smallest absolute Gasteiger partial charge is 0.313 e. The summed E-state index contributed by atoms with van der Waals surface area (Å²) in [4.78, 5) is 14.7. The van der Waals surface area contributed by atoms with Crippen LogP contribution in [-0.2, 0) is 23.1 Å². The van der Waals surface area contributed by atoms with Crippen LogP contribution >= 0.6 is 0 Å². The lowest BCUT2D eigenvalue weighted by molar-refractivity contribution is -0.156. The summed E-state index contributed by atoms with van der Waals surface area (Å²) < 4.78 is 8.74. The van der Waals surface area contributed by atoms with E-state index in [0.717, 1.165) is 37.9 Å². The Morgan fingerprint density at radius 2 is 2.32 bits per heavy atom. The van der Waals surface area contributed by atoms with Gasteiger partial charge in [-0.25, -0.2) is 4.68 Å². The first-order valence-electron chi connectivity index (χ1n) is 8.70. The van der Waals surface area contributed by atoms with Crippen LogP contribution in [0, 0.1) is 11.3 Å². The fraction of sp³-hybridized carbons (Fsp3) is 0.688. The van der Waals surface area contributed by atoms with Gasteiger partial charge in [0.25, 0.3) is 0 Å². The standard InChI is InChI=1S/C16H23N7O2/c1-21-13(6-8-17-21)10-23-15(18-19-20-23)22-9-12-5-3-4-7-16(12,11-22)14(24)25-2/h6,8,12H,3-5,7,9-11H2,1-2H3/t12-,16-/m1/s1. The number of ether oxygens (including phenoxy) is 1. The van der Waals surface area contributed by atoms with Gasteiger partial charge in [-0.15, -0.1) is 0 Å². The molecule has 2 aliphatic rings. The van der Waals surface area contributed by atoms with E-state index in [2.05, 4.69) is 25.5 Å². The van der Waals surface area contributed by atoms with Crippen molar-refractivity contribution in [2.45, 2.75) is 32.2 Å². The zero-order valence-corrected chi connectivity index (χ0v) is 14.6. The number of tetrazole rings is 1. The van der Waals surface area contributed by atoms with Crippen LogP contribution in [0.4, 0.5) is 5.95 Å². The van der Waals surface area contributed by atoms with E-state index in [-0.39, 0.29) is 5.97 Å². The molecule has 9 heteroatoms. The number of aryl methyl sites for hydroxylation is 1. The molecule has 0 aromatic carbocycles. The molecule has 1 saturated carbocycles. The second-order valence-corrected chi connectivity index (χ2v) is 7.05. The molecular formula is C16H23N7O2. The molecule has 1 aliphatic carbocycles. The minimum atomic E-state index is -0.420. The van der Waals surface area contributed by atoms with Crippen molar-refractivity contribution in [3.8, 4) is 0 Å². The lowest BCUT2D eigenvalue weighted by atomic mass is 9.68. The average molecular weight is 345 g/mol. The minimum Gasteiger partial charge on any atom is -0.469 e. The number of carbonyl (C=O) groups excluding carboxylic acids is 1. The predicted octanol–water partition coefficient (Wildman–Crippen LogP) is 0.624. The second kappa shape index (κ2) is 6.12. The van der Waals surface area contributed by atoms with Gasteiger partial charge in [0.1, 0.15) is 0 Å². The summed E-state index contributed by atoms with van der Waals surface area (Å²) >= 11 is 0. The van der Waals surface area contributed by atoms with Crippen molar-refractivity contribution in [3.05, 3.63) is 18.0 Å². The first-order valence-corrected chi connectivity index (χ1v) is 8.70. The molecule has 0 bridgehead atoms. The summed E-state index contributed by atoms with van der Waals surface area (Å²) in [5, 5.41) is 16.4. The van der Waals surface area contributed by atoms with E-state index in [1.165, 1.54) is 7.11 Å². The topological polar surface area (TPSA) is 91.0 Å². The average Bonchev–Trinajstić information content (AvgIpc) is 3.33. The maximum atomic E-state index is 12.6. The van der Waals surface area contributed by atoms with Crippen molar-refractivity contribution in [2.75, 3.05) is 25.1 Å². The molecule has 2 atom stereocenters. The molecule has 25 heavy (non-hydrogen) atoms. The van der Waals surface area contributed by atoms with Gasteiger partial charge in [0.15, 0.2) is 0 Å². The van der Waals surface area contributed by atoms with Gasteiger partial charge in [0.2, 0.25) is 5.95 Å². The first kappa shape index (κ1) is 16.0. The molecule has 4 rings (SSSR count). The molecule has 0 amide bonds. The van der Waals surface area contributed by atoms with Crippen molar-refractivity contribution in [3.63, 3.8) is 0 Å². The van der Waals surface area contributed by atoms with Crippen LogP contribution in [0.25, 0.3) is 0 Å². The molecule has 0 radical (unpaired) electrons. The van der Waals surface area contributed by atoms with Gasteiger partial charge in [-0.2, -0.15) is 5.10 Å². The van der Waals surface area contributed by atoms with Crippen LogP contribution in [0.2, 0.25) is 0 Å². The molecule has 134 valence electrons. The number of carbonyl (C=O) groups is 1. The Bertz CT molecular complexity index is 770. The van der Waals surface area contributed by atoms with Crippen LogP contribution in [0.3, 0.4) is 0 Å². The number of esters is 1. The fourth-order valence-corrected chi connectivity index (χ4v) is 4.38. The minimum absolute atomic E-state index is 0.0923. The number of hydrogen-bond acceptors (Lipinski definition) is 7. The van der Waals surface area contributed by atoms with Gasteiger partial charge in [-0.3, -0.25) is 9.48 Å². The Balaban J connectivity index is 1.60. The molecule has 2 aromatic heterocycles. The number of anilines is 1. The van der Waals surface area contributed by atoms with E-state index in [4.69, 9.17) is 4.74 Å². The Kier molecular flexibility index (Phi) is 3.93. The molecule has 3 heterocycles. The molecule has 9 nitrogen and oxygen atoms in total. The molecule has 2 fully saturated rings. The normalized spacial score (nSPS) is 25.8. The summed E-state index contributed by atoms with van der Waals surface area (Å²) in [5.74, 6) is 0.916. The van der Waals surface area contributed by atoms with Crippen molar-refractivity contribution in [2.24, 2.45) is 18.4 Å². The number of methoxy groups -OCH3 is 1. The van der Waals surface area contributed by atoms with Gasteiger partial charge >= 0.3 is 5.97 Å². The fourth-order valence-electron chi connectivity index (χ4n) is 4.38. The molecule has 2 aromatic rings. The van der Waals surface area contributed by atoms with Crippen LogP contribution in [-0.4, -0.2) is 56.2 Å². The van der Waals surface area contributed by atoms with Crippen molar-refractivity contribution in [1.29, 1.82) is 0 Å². The first-order chi connectivity index (χ1) is 12.1. The highest BCUT2D eigenvalue weighted by Gasteiger charge is 2.54. The Hall–Kier alpha value is -2.45. The largest absolute Gasteiger partial charge is 0.469 e. The molecule has 1 saturated heterocycles. The zero-order chi connectivity index (χ0) is 17.4. The SMILES string of the molecule is COC(=O)[C@@]12CCCC[C@@H]1CN(c1nnnn1Cc1ccnn1C)C2. The Morgan fingerprint density at radius 1 is 1.44 bits per heavy atom. The lowest BCUT2D eigenvalue weighted by Gasteiger charge is -2.35. The van der Waals surface area contributed by atoms with E-state index in [9.17, 15) is 4.79 Å². The van der Waals surface area contributed by atoms with Crippen molar-refractivity contribution >= 4 is 11.9 Å². The van der Waals surface area contributed by atoms with Gasteiger partial charge < -0.3 is 9.64 Å². The van der Waals surface area contributed by atoms with E-state index in [0.29, 0.717) is 25.0 Å². The predicted molar refractivity (Wildman–Crippen MR) is 88.7 cm³/mol. The summed E-state index contributed by atoms with van der Waals surface area (Å²) in [7, 11) is 3.38. The van der Waals surface area contributed by atoms with Crippen molar-refractivity contribution < 1.29 is 9.53 Å². The number of nitrogens with zero attached hydrogens (tertiary/aromatic N) is 7. The summed E-state index contributed by atoms with van der Waals surface area (Å²) in [6, 6.07) is 1.95. The summed E-state index contributed by atoms with van der Waals surface area (Å²) in [5.41, 5.74) is 0.601. The summed E-state index contributed by atoms with van der Waals surface area (Å²) in [6.07, 6.45) is 5.92. The number of rotatable bonds is 4. The van der Waals surface area contributed by atoms with Crippen LogP contribution < -0.4 is 4.90 Å². The number of hydrogen-bond donors (Lipinski definition) is 0. The summed E-state index contributed by atoms with van der Waals surface area (Å²) in [6.45, 7) is 1.96. The van der Waals surface area contributed by atoms with Gasteiger partial charge in [0.05, 0.1) is 24.8 Å². The highest BCUT2D eigenvalue weighted by molar-refractivity contribution is 5.79. The molecular weight excluding hydrogens is 322 g/mol. The van der Waals surface area contributed by atoms with Gasteiger partial charge in [-0.1, -0.05) is 17.9 Å². The highest BCUT2D eigenvalue weighted by Crippen LogP contribution is 2.48. The second-order valence-electron chi connectivity index (χ2n) is 7.05. The number of aromatic nitrogens is 6. The molecule has 1 aliphatic heterocycles. The van der Waals surface area contributed by atoms with E-state index >= 15 is 0 Å². The number of fused-ring (bicyclic) bond motifs is 1. The quantitative estimate of drug-likeness (QED) is 0.750. The Morgan fingerprint density at radius 3 is 3.08 bits per heavy atom. The van der Waals surface area contributed by atoms with Gasteiger partial charge in [-0.05, 0) is 35.3 Å². The van der Waals surface area contributed by atoms with Crippen LogP contribution in [0.5, 0.6) is 0 Å². The molecule has 0 unspecified atom stereocenters. The maximum absolute atomic E-state index is 12.6. The van der Waals surface area contributed by atoms with E-state index in [1.807, 2.05) is 17.8 Å². The third kappa shape index (κ3) is 2.58. The maximum Gasteiger partial charge on any atom is 0.313 e. The Labute approximate surface area is 145 Å². The molecule has 0 N–H and O–H groups in total. The third-order valence-electron chi connectivity index (χ3n) is 5.74. The van der Waals surface area contributed by atoms with E-state index < -0.39 is 5.41 Å². The van der Waals surface area contributed by atoms with Crippen LogP contribution in [0.15, 0.2) is 12.3 Å². The third-order valence-corrected chi connectivity index (χ3v) is 5.74. The van der Waals surface area contributed by atoms with E-state index in [1.54, 1.807) is 10.9 Å².